The molecule has 1 aliphatic heterocycles. The van der Waals surface area contributed by atoms with E-state index >= 15 is 0 Å². The van der Waals surface area contributed by atoms with E-state index in [2.05, 4.69) is 13.8 Å². The Morgan fingerprint density at radius 1 is 1.41 bits per heavy atom. The molecule has 3 heteroatoms. The average molecular weight is 236 g/mol. The monoisotopic (exact) mass is 236 g/mol. The highest BCUT2D eigenvalue weighted by molar-refractivity contribution is 6.03. The molecule has 0 bridgehead atoms. The van der Waals surface area contributed by atoms with Crippen LogP contribution in [0.15, 0.2) is 0 Å². The zero-order valence-electron chi connectivity index (χ0n) is 10.8. The number of carbonyl (C=O) groups excluding carboxylic acids is 2. The minimum Gasteiger partial charge on any atom is -0.365 e. The molecule has 0 N–H and O–H groups in total. The lowest BCUT2D eigenvalue weighted by atomic mass is 9.50. The summed E-state index contributed by atoms with van der Waals surface area (Å²) in [6.45, 7) is 5.85. The number of ketones is 2. The maximum absolute atomic E-state index is 12.1. The number of Topliss-reactive ketones (excluding diaryl/α,β-unsaturated/α-hetero) is 2. The minimum absolute atomic E-state index is 0.0274. The zero-order chi connectivity index (χ0) is 12.4. The summed E-state index contributed by atoms with van der Waals surface area (Å²) in [7, 11) is 0. The second-order valence-corrected chi connectivity index (χ2v) is 6.27. The molecule has 5 atom stereocenters. The van der Waals surface area contributed by atoms with E-state index in [-0.39, 0.29) is 22.6 Å². The van der Waals surface area contributed by atoms with Crippen LogP contribution < -0.4 is 0 Å². The first-order chi connectivity index (χ1) is 7.93. The summed E-state index contributed by atoms with van der Waals surface area (Å²) in [6.07, 6.45) is 3.80. The number of epoxide rings is 1. The largest absolute Gasteiger partial charge is 0.365 e. The van der Waals surface area contributed by atoms with Crippen LogP contribution >= 0.6 is 0 Å². The molecule has 0 aromatic carbocycles. The van der Waals surface area contributed by atoms with Gasteiger partial charge in [-0.05, 0) is 32.1 Å². The summed E-state index contributed by atoms with van der Waals surface area (Å²) in [4.78, 5) is 24.0. The van der Waals surface area contributed by atoms with Crippen LogP contribution in [0.4, 0.5) is 0 Å². The van der Waals surface area contributed by atoms with Gasteiger partial charge in [0.2, 0.25) is 0 Å². The molecule has 2 aliphatic carbocycles. The van der Waals surface area contributed by atoms with Crippen LogP contribution in [-0.4, -0.2) is 23.3 Å². The van der Waals surface area contributed by atoms with Crippen LogP contribution in [0.3, 0.4) is 0 Å². The molecule has 2 saturated carbocycles. The van der Waals surface area contributed by atoms with Crippen molar-refractivity contribution in [3.63, 3.8) is 0 Å². The van der Waals surface area contributed by atoms with E-state index in [9.17, 15) is 9.59 Å². The maximum atomic E-state index is 12.1. The molecular formula is C14H20O3. The second kappa shape index (κ2) is 3.19. The molecule has 0 aromatic heterocycles. The fourth-order valence-electron chi connectivity index (χ4n) is 4.56. The number of ether oxygens (including phenoxy) is 1. The normalized spacial score (nSPS) is 52.6. The van der Waals surface area contributed by atoms with Crippen molar-refractivity contribution in [3.8, 4) is 0 Å². The Balaban J connectivity index is 2.08. The van der Waals surface area contributed by atoms with Crippen molar-refractivity contribution in [1.82, 2.24) is 0 Å². The van der Waals surface area contributed by atoms with Crippen LogP contribution in [0.5, 0.6) is 0 Å². The van der Waals surface area contributed by atoms with Gasteiger partial charge in [-0.2, -0.15) is 0 Å². The molecule has 0 radical (unpaired) electrons. The predicted molar refractivity (Wildman–Crippen MR) is 62.5 cm³/mol. The molecule has 0 aromatic rings. The van der Waals surface area contributed by atoms with E-state index in [1.807, 2.05) is 0 Å². The summed E-state index contributed by atoms with van der Waals surface area (Å²) >= 11 is 0. The van der Waals surface area contributed by atoms with Crippen molar-refractivity contribution in [2.45, 2.75) is 58.2 Å². The van der Waals surface area contributed by atoms with Gasteiger partial charge in [0.1, 0.15) is 17.2 Å². The number of hydrogen-bond donors (Lipinski definition) is 0. The third kappa shape index (κ3) is 1.16. The zero-order valence-corrected chi connectivity index (χ0v) is 10.8. The predicted octanol–water partition coefficient (Wildman–Crippen LogP) is 2.13. The Morgan fingerprint density at radius 2 is 2.12 bits per heavy atom. The molecule has 94 valence electrons. The van der Waals surface area contributed by atoms with Gasteiger partial charge in [0.05, 0.1) is 12.0 Å². The van der Waals surface area contributed by atoms with Gasteiger partial charge >= 0.3 is 0 Å². The van der Waals surface area contributed by atoms with Crippen molar-refractivity contribution >= 4 is 11.6 Å². The summed E-state index contributed by atoms with van der Waals surface area (Å²) in [5.74, 6) is 0.115. The summed E-state index contributed by atoms with van der Waals surface area (Å²) < 4.78 is 5.97. The third-order valence-corrected chi connectivity index (χ3v) is 5.68. The second-order valence-electron chi connectivity index (χ2n) is 6.27. The van der Waals surface area contributed by atoms with E-state index in [1.54, 1.807) is 6.92 Å². The molecule has 1 saturated heterocycles. The Hall–Kier alpha value is -0.700. The summed E-state index contributed by atoms with van der Waals surface area (Å²) in [6, 6.07) is 0. The maximum Gasteiger partial charge on any atom is 0.144 e. The minimum atomic E-state index is -0.434. The Bertz CT molecular complexity index is 402. The number of carbonyl (C=O) groups is 2. The van der Waals surface area contributed by atoms with Crippen LogP contribution in [0.1, 0.15) is 46.5 Å². The lowest BCUT2D eigenvalue weighted by Crippen LogP contribution is -2.58. The number of hydrogen-bond acceptors (Lipinski definition) is 3. The molecule has 0 amide bonds. The molecule has 1 heterocycles. The molecule has 3 nitrogen and oxygen atoms in total. The van der Waals surface area contributed by atoms with E-state index in [4.69, 9.17) is 4.74 Å². The van der Waals surface area contributed by atoms with Crippen LogP contribution in [-0.2, 0) is 14.3 Å². The molecule has 3 rings (SSSR count). The van der Waals surface area contributed by atoms with Gasteiger partial charge in [-0.3, -0.25) is 9.59 Å². The van der Waals surface area contributed by atoms with Crippen molar-refractivity contribution < 1.29 is 14.3 Å². The smallest absolute Gasteiger partial charge is 0.144 e. The van der Waals surface area contributed by atoms with E-state index in [1.165, 1.54) is 0 Å². The highest BCUT2D eigenvalue weighted by Crippen LogP contribution is 2.67. The van der Waals surface area contributed by atoms with Gasteiger partial charge in [-0.25, -0.2) is 0 Å². The first-order valence-electron chi connectivity index (χ1n) is 6.64. The highest BCUT2D eigenvalue weighted by atomic mass is 16.6. The molecular weight excluding hydrogens is 216 g/mol. The molecule has 1 spiro atoms. The van der Waals surface area contributed by atoms with Gasteiger partial charge in [0.15, 0.2) is 0 Å². The van der Waals surface area contributed by atoms with E-state index in [0.29, 0.717) is 18.4 Å². The molecule has 3 aliphatic rings. The van der Waals surface area contributed by atoms with E-state index < -0.39 is 5.92 Å². The summed E-state index contributed by atoms with van der Waals surface area (Å²) in [5, 5.41) is 0. The van der Waals surface area contributed by atoms with Crippen molar-refractivity contribution in [2.24, 2.45) is 17.3 Å². The quantitative estimate of drug-likeness (QED) is 0.517. The first-order valence-corrected chi connectivity index (χ1v) is 6.64. The SMILES string of the molecule is CC(=O)[C@H]1C(=O)CC[C@]23O[C@H]2CC[C@H](C)[C@@]13C. The van der Waals surface area contributed by atoms with Gasteiger partial charge in [-0.15, -0.1) is 0 Å². The van der Waals surface area contributed by atoms with Crippen molar-refractivity contribution in [3.05, 3.63) is 0 Å². The van der Waals surface area contributed by atoms with Crippen molar-refractivity contribution in [2.75, 3.05) is 0 Å². The molecule has 17 heavy (non-hydrogen) atoms. The Morgan fingerprint density at radius 3 is 2.76 bits per heavy atom. The molecule has 0 unspecified atom stereocenters. The van der Waals surface area contributed by atoms with Gasteiger partial charge < -0.3 is 4.74 Å². The molecule has 3 fully saturated rings. The Labute approximate surface area is 102 Å². The van der Waals surface area contributed by atoms with Gasteiger partial charge in [-0.1, -0.05) is 13.8 Å². The first kappa shape index (κ1) is 11.4. The van der Waals surface area contributed by atoms with Crippen LogP contribution in [0, 0.1) is 17.3 Å². The average Bonchev–Trinajstić information content (AvgIpc) is 2.96. The lowest BCUT2D eigenvalue weighted by Gasteiger charge is -2.50. The third-order valence-electron chi connectivity index (χ3n) is 5.68. The fraction of sp³-hybridized carbons (Fsp3) is 0.857. The van der Waals surface area contributed by atoms with Crippen molar-refractivity contribution in [1.29, 1.82) is 0 Å². The van der Waals surface area contributed by atoms with Gasteiger partial charge in [0.25, 0.3) is 0 Å². The highest BCUT2D eigenvalue weighted by Gasteiger charge is 2.75. The van der Waals surface area contributed by atoms with Crippen LogP contribution in [0.25, 0.3) is 0 Å². The number of rotatable bonds is 1. The topological polar surface area (TPSA) is 46.7 Å². The van der Waals surface area contributed by atoms with E-state index in [0.717, 1.165) is 19.3 Å². The van der Waals surface area contributed by atoms with Gasteiger partial charge in [0, 0.05) is 11.8 Å². The summed E-state index contributed by atoms with van der Waals surface area (Å²) in [5.41, 5.74) is -0.425. The fourth-order valence-corrected chi connectivity index (χ4v) is 4.56. The lowest BCUT2D eigenvalue weighted by molar-refractivity contribution is -0.149. The van der Waals surface area contributed by atoms with Crippen LogP contribution in [0.2, 0.25) is 0 Å². The standard InChI is InChI=1S/C14H20O3/c1-8-4-5-11-14(17-11)7-6-10(16)12(9(2)15)13(8,14)3/h8,11-12H,4-7H2,1-3H3/t8-,11-,12-,13-,14-/m0/s1. The Kier molecular flexibility index (Phi) is 2.14.